The van der Waals surface area contributed by atoms with E-state index < -0.39 is 22.7 Å². The Morgan fingerprint density at radius 3 is 1.18 bits per heavy atom. The SMILES string of the molecule is Cn1cccc([O][In]([O]c2cccn(C)c2=O)[O]c2cccn(C)c2=O)c1=O. The molecule has 0 radical (unpaired) electrons. The molecule has 0 spiro atoms. The molecule has 0 amide bonds. The first-order valence-electron chi connectivity index (χ1n) is 8.33. The molecule has 0 fully saturated rings. The van der Waals surface area contributed by atoms with Gasteiger partial charge in [-0.2, -0.15) is 0 Å². The number of pyridine rings is 3. The van der Waals surface area contributed by atoms with Crippen LogP contribution in [-0.4, -0.2) is 36.4 Å². The first-order valence-corrected chi connectivity index (χ1v) is 12.4. The molecule has 28 heavy (non-hydrogen) atoms. The number of nitrogens with zero attached hydrogens (tertiary/aromatic N) is 3. The fourth-order valence-corrected chi connectivity index (χ4v) is 6.09. The van der Waals surface area contributed by atoms with Gasteiger partial charge in [0.05, 0.1) is 0 Å². The summed E-state index contributed by atoms with van der Waals surface area (Å²) in [5, 5.41) is 0. The van der Waals surface area contributed by atoms with Crippen molar-refractivity contribution in [3.63, 3.8) is 0 Å². The Bertz CT molecular complexity index is 1020. The molecule has 0 aliphatic rings. The van der Waals surface area contributed by atoms with Crippen molar-refractivity contribution in [3.8, 4) is 17.2 Å². The van der Waals surface area contributed by atoms with Crippen LogP contribution in [-0.2, 0) is 21.1 Å². The second-order valence-corrected chi connectivity index (χ2v) is 9.67. The van der Waals surface area contributed by atoms with E-state index in [1.54, 1.807) is 57.9 Å². The topological polar surface area (TPSA) is 93.7 Å². The Labute approximate surface area is 169 Å². The monoisotopic (exact) mass is 487 g/mol. The van der Waals surface area contributed by atoms with Gasteiger partial charge in [-0.05, 0) is 0 Å². The molecule has 0 saturated carbocycles. The molecule has 0 N–H and O–H groups in total. The summed E-state index contributed by atoms with van der Waals surface area (Å²) >= 11 is -4.05. The number of rotatable bonds is 6. The summed E-state index contributed by atoms with van der Waals surface area (Å²) < 4.78 is 21.3. The summed E-state index contributed by atoms with van der Waals surface area (Å²) in [7, 11) is 4.75. The standard InChI is InChI=1S/3C6H7NO2.In/c3*1-7-4-2-3-5(8)6(7)9;/h3*2-4,8H,1H3;/q;;;+3/p-3. The van der Waals surface area contributed by atoms with Gasteiger partial charge in [0.15, 0.2) is 0 Å². The van der Waals surface area contributed by atoms with E-state index in [4.69, 9.17) is 8.56 Å². The molecule has 3 rings (SSSR count). The van der Waals surface area contributed by atoms with E-state index in [0.717, 1.165) is 0 Å². The van der Waals surface area contributed by atoms with E-state index in [9.17, 15) is 14.4 Å². The second-order valence-electron chi connectivity index (χ2n) is 6.01. The summed E-state index contributed by atoms with van der Waals surface area (Å²) in [6.07, 6.45) is 4.75. The molecule has 0 atom stereocenters. The molecule has 0 aliphatic carbocycles. The molecule has 0 saturated heterocycles. The molecule has 0 aromatic carbocycles. The van der Waals surface area contributed by atoms with E-state index in [1.807, 2.05) is 0 Å². The molecule has 0 bridgehead atoms. The van der Waals surface area contributed by atoms with Gasteiger partial charge in [0.1, 0.15) is 0 Å². The molecular formula is C18H18InN3O6. The van der Waals surface area contributed by atoms with Crippen LogP contribution in [0, 0.1) is 0 Å². The zero-order chi connectivity index (χ0) is 20.3. The molecule has 9 nitrogen and oxygen atoms in total. The molecule has 3 aromatic heterocycles. The minimum absolute atomic E-state index is 0.0336. The van der Waals surface area contributed by atoms with Crippen LogP contribution in [0.15, 0.2) is 69.4 Å². The fourth-order valence-electron chi connectivity index (χ4n) is 2.37. The molecule has 144 valence electrons. The van der Waals surface area contributed by atoms with Crippen molar-refractivity contribution in [2.75, 3.05) is 0 Å². The molecule has 0 aliphatic heterocycles. The van der Waals surface area contributed by atoms with E-state index >= 15 is 0 Å². The van der Waals surface area contributed by atoms with Crippen LogP contribution >= 0.6 is 0 Å². The van der Waals surface area contributed by atoms with Crippen LogP contribution in [0.1, 0.15) is 0 Å². The number of hydrogen-bond donors (Lipinski definition) is 0. The van der Waals surface area contributed by atoms with Crippen molar-refractivity contribution in [2.45, 2.75) is 0 Å². The summed E-state index contributed by atoms with van der Waals surface area (Å²) in [5.41, 5.74) is -1.13. The quantitative estimate of drug-likeness (QED) is 0.497. The number of aromatic nitrogens is 3. The third-order valence-electron chi connectivity index (χ3n) is 3.93. The Hall–Kier alpha value is -2.88. The van der Waals surface area contributed by atoms with Crippen LogP contribution < -0.4 is 25.2 Å². The van der Waals surface area contributed by atoms with E-state index in [0.29, 0.717) is 0 Å². The predicted octanol–water partition coefficient (Wildman–Crippen LogP) is 0.304. The molecule has 3 heterocycles. The van der Waals surface area contributed by atoms with Gasteiger partial charge in [0, 0.05) is 0 Å². The summed E-state index contributed by atoms with van der Waals surface area (Å²) in [4.78, 5) is 36.8. The van der Waals surface area contributed by atoms with Crippen LogP contribution in [0.4, 0.5) is 0 Å². The van der Waals surface area contributed by atoms with Crippen molar-refractivity contribution >= 4 is 22.7 Å². The van der Waals surface area contributed by atoms with Crippen LogP contribution in [0.25, 0.3) is 0 Å². The summed E-state index contributed by atoms with van der Waals surface area (Å²) in [6, 6.07) is 9.40. The molecule has 10 heteroatoms. The maximum atomic E-state index is 12.3. The van der Waals surface area contributed by atoms with Gasteiger partial charge in [-0.1, -0.05) is 0 Å². The Balaban J connectivity index is 1.97. The van der Waals surface area contributed by atoms with E-state index in [1.165, 1.54) is 31.9 Å². The number of hydrogen-bond acceptors (Lipinski definition) is 6. The number of aryl methyl sites for hydroxylation is 3. The zero-order valence-electron chi connectivity index (χ0n) is 15.6. The van der Waals surface area contributed by atoms with Gasteiger partial charge in [-0.15, -0.1) is 0 Å². The molecule has 0 unspecified atom stereocenters. The van der Waals surface area contributed by atoms with Gasteiger partial charge in [-0.25, -0.2) is 0 Å². The first kappa shape index (κ1) is 19.9. The van der Waals surface area contributed by atoms with Crippen molar-refractivity contribution < 1.29 is 8.56 Å². The third kappa shape index (κ3) is 4.33. The average molecular weight is 487 g/mol. The van der Waals surface area contributed by atoms with E-state index in [-0.39, 0.29) is 33.9 Å². The van der Waals surface area contributed by atoms with Gasteiger partial charge >= 0.3 is 169 Å². The molecular weight excluding hydrogens is 469 g/mol. The van der Waals surface area contributed by atoms with Crippen molar-refractivity contribution in [2.24, 2.45) is 21.1 Å². The second kappa shape index (κ2) is 8.42. The zero-order valence-corrected chi connectivity index (χ0v) is 18.9. The van der Waals surface area contributed by atoms with Crippen molar-refractivity contribution in [1.82, 2.24) is 13.7 Å². The predicted molar refractivity (Wildman–Crippen MR) is 103 cm³/mol. The molecule has 3 aromatic rings. The third-order valence-corrected chi connectivity index (χ3v) is 7.76. The summed E-state index contributed by atoms with van der Waals surface area (Å²) in [5.74, 6) is 0.101. The Kier molecular flexibility index (Phi) is 5.98. The van der Waals surface area contributed by atoms with Gasteiger partial charge in [-0.3, -0.25) is 0 Å². The van der Waals surface area contributed by atoms with Crippen LogP contribution in [0.5, 0.6) is 17.2 Å². The van der Waals surface area contributed by atoms with Crippen LogP contribution in [0.2, 0.25) is 0 Å². The minimum atomic E-state index is -4.05. The van der Waals surface area contributed by atoms with Crippen LogP contribution in [0.3, 0.4) is 0 Å². The first-order chi connectivity index (χ1) is 13.4. The summed E-state index contributed by atoms with van der Waals surface area (Å²) in [6.45, 7) is 0. The Morgan fingerprint density at radius 2 is 0.893 bits per heavy atom. The van der Waals surface area contributed by atoms with Gasteiger partial charge < -0.3 is 0 Å². The van der Waals surface area contributed by atoms with E-state index in [2.05, 4.69) is 0 Å². The maximum absolute atomic E-state index is 12.3. The van der Waals surface area contributed by atoms with Gasteiger partial charge in [0.25, 0.3) is 0 Å². The fraction of sp³-hybridized carbons (Fsp3) is 0.167. The van der Waals surface area contributed by atoms with Crippen molar-refractivity contribution in [3.05, 3.63) is 86.1 Å². The average Bonchev–Trinajstić information content (AvgIpc) is 2.66. The normalized spacial score (nSPS) is 10.4. The Morgan fingerprint density at radius 1 is 0.607 bits per heavy atom. The van der Waals surface area contributed by atoms with Crippen molar-refractivity contribution in [1.29, 1.82) is 0 Å². The van der Waals surface area contributed by atoms with Gasteiger partial charge in [0.2, 0.25) is 0 Å².